The van der Waals surface area contributed by atoms with Gasteiger partial charge in [-0.15, -0.1) is 11.3 Å². The summed E-state index contributed by atoms with van der Waals surface area (Å²) in [5, 5.41) is 5.51. The molecule has 4 rings (SSSR count). The molecule has 0 aliphatic heterocycles. The predicted molar refractivity (Wildman–Crippen MR) is 117 cm³/mol. The first kappa shape index (κ1) is 19.5. The van der Waals surface area contributed by atoms with Crippen LogP contribution in [0, 0.1) is 6.92 Å². The molecule has 0 atom stereocenters. The second-order valence-electron chi connectivity index (χ2n) is 6.65. The number of anilines is 1. The number of primary amides is 1. The van der Waals surface area contributed by atoms with Crippen molar-refractivity contribution < 1.29 is 14.3 Å². The van der Waals surface area contributed by atoms with Crippen LogP contribution < -0.4 is 15.8 Å². The van der Waals surface area contributed by atoms with Crippen molar-refractivity contribution in [1.82, 2.24) is 9.97 Å². The predicted octanol–water partition coefficient (Wildman–Crippen LogP) is 3.78. The van der Waals surface area contributed by atoms with E-state index in [-0.39, 0.29) is 12.5 Å². The van der Waals surface area contributed by atoms with Crippen molar-refractivity contribution in [2.45, 2.75) is 6.92 Å². The molecular weight excluding hydrogens is 400 g/mol. The summed E-state index contributed by atoms with van der Waals surface area (Å²) in [5.74, 6) is -0.513. The Morgan fingerprint density at radius 3 is 2.50 bits per heavy atom. The molecular formula is C22H18N4O3S. The summed E-state index contributed by atoms with van der Waals surface area (Å²) in [6, 6.07) is 14.5. The second-order valence-corrected chi connectivity index (χ2v) is 7.51. The fraction of sp³-hybridized carbons (Fsp3) is 0.0909. The molecule has 2 heterocycles. The van der Waals surface area contributed by atoms with Gasteiger partial charge in [-0.05, 0) is 36.8 Å². The molecule has 3 N–H and O–H groups in total. The van der Waals surface area contributed by atoms with E-state index in [0.29, 0.717) is 17.1 Å². The maximum atomic E-state index is 12.3. The first-order chi connectivity index (χ1) is 14.5. The van der Waals surface area contributed by atoms with Crippen molar-refractivity contribution in [1.29, 1.82) is 0 Å². The molecule has 8 heteroatoms. The fourth-order valence-corrected chi connectivity index (χ4v) is 3.86. The Morgan fingerprint density at radius 1 is 1.07 bits per heavy atom. The highest BCUT2D eigenvalue weighted by molar-refractivity contribution is 7.17. The number of amides is 2. The number of fused-ring (bicyclic) bond motifs is 1. The number of aryl methyl sites for hydroxylation is 1. The Morgan fingerprint density at radius 2 is 1.80 bits per heavy atom. The van der Waals surface area contributed by atoms with Crippen LogP contribution in [0.25, 0.3) is 21.3 Å². The molecule has 0 bridgehead atoms. The Kier molecular flexibility index (Phi) is 5.40. The molecule has 0 fully saturated rings. The maximum Gasteiger partial charge on any atom is 0.262 e. The normalized spacial score (nSPS) is 10.7. The van der Waals surface area contributed by atoms with Crippen LogP contribution in [-0.4, -0.2) is 28.4 Å². The van der Waals surface area contributed by atoms with Crippen molar-refractivity contribution in [3.05, 3.63) is 71.4 Å². The largest absolute Gasteiger partial charge is 0.467 e. The molecule has 2 amide bonds. The van der Waals surface area contributed by atoms with Gasteiger partial charge in [0.15, 0.2) is 6.61 Å². The molecule has 2 aromatic carbocycles. The number of nitrogens with two attached hydrogens (primary N) is 1. The number of aromatic nitrogens is 2. The molecule has 0 aliphatic carbocycles. The van der Waals surface area contributed by atoms with E-state index >= 15 is 0 Å². The number of benzene rings is 2. The van der Waals surface area contributed by atoms with Crippen molar-refractivity contribution in [2.24, 2.45) is 5.73 Å². The Hall–Kier alpha value is -3.78. The first-order valence-corrected chi connectivity index (χ1v) is 10.0. The minimum atomic E-state index is -0.524. The van der Waals surface area contributed by atoms with Gasteiger partial charge in [-0.2, -0.15) is 0 Å². The molecule has 7 nitrogen and oxygen atoms in total. The van der Waals surface area contributed by atoms with Gasteiger partial charge >= 0.3 is 0 Å². The van der Waals surface area contributed by atoms with Crippen molar-refractivity contribution in [3.8, 4) is 17.0 Å². The molecule has 0 aliphatic rings. The lowest BCUT2D eigenvalue weighted by atomic mass is 10.0. The van der Waals surface area contributed by atoms with Crippen LogP contribution >= 0.6 is 11.3 Å². The third-order valence-electron chi connectivity index (χ3n) is 4.49. The average molecular weight is 418 g/mol. The average Bonchev–Trinajstić information content (AvgIpc) is 3.18. The van der Waals surface area contributed by atoms with Gasteiger partial charge in [-0.1, -0.05) is 29.8 Å². The van der Waals surface area contributed by atoms with Gasteiger partial charge in [-0.25, -0.2) is 9.97 Å². The van der Waals surface area contributed by atoms with Crippen LogP contribution in [0.3, 0.4) is 0 Å². The summed E-state index contributed by atoms with van der Waals surface area (Å²) in [7, 11) is 0. The minimum Gasteiger partial charge on any atom is -0.467 e. The summed E-state index contributed by atoms with van der Waals surface area (Å²) in [4.78, 5) is 32.8. The molecule has 0 radical (unpaired) electrons. The molecule has 4 aromatic rings. The van der Waals surface area contributed by atoms with Gasteiger partial charge in [0, 0.05) is 22.2 Å². The third kappa shape index (κ3) is 4.13. The minimum absolute atomic E-state index is 0.215. The zero-order chi connectivity index (χ0) is 21.1. The lowest BCUT2D eigenvalue weighted by Gasteiger charge is -2.09. The smallest absolute Gasteiger partial charge is 0.262 e. The van der Waals surface area contributed by atoms with Crippen molar-refractivity contribution >= 4 is 39.1 Å². The number of thiophene rings is 1. The number of rotatable bonds is 6. The van der Waals surface area contributed by atoms with Gasteiger partial charge in [0.25, 0.3) is 5.91 Å². The Labute approximate surface area is 176 Å². The van der Waals surface area contributed by atoms with Crippen molar-refractivity contribution in [2.75, 3.05) is 11.9 Å². The van der Waals surface area contributed by atoms with Gasteiger partial charge in [0.05, 0.1) is 5.39 Å². The van der Waals surface area contributed by atoms with Crippen LogP contribution in [0.5, 0.6) is 5.88 Å². The third-order valence-corrected chi connectivity index (χ3v) is 5.38. The molecule has 30 heavy (non-hydrogen) atoms. The van der Waals surface area contributed by atoms with E-state index in [1.54, 1.807) is 24.3 Å². The molecule has 0 spiro atoms. The van der Waals surface area contributed by atoms with E-state index in [4.69, 9.17) is 10.5 Å². The number of carbonyl (C=O) groups is 2. The molecule has 0 saturated carbocycles. The van der Waals surface area contributed by atoms with Crippen LogP contribution in [0.4, 0.5) is 5.69 Å². The van der Waals surface area contributed by atoms with Gasteiger partial charge in [0.2, 0.25) is 11.8 Å². The number of hydrogen-bond acceptors (Lipinski definition) is 6. The summed E-state index contributed by atoms with van der Waals surface area (Å²) in [6.07, 6.45) is 1.42. The SMILES string of the molecule is Cc1ccc(-c2csc3ncnc(OCC(=O)Nc4ccc(C(N)=O)cc4)c23)cc1. The summed E-state index contributed by atoms with van der Waals surface area (Å²) < 4.78 is 5.73. The lowest BCUT2D eigenvalue weighted by Crippen LogP contribution is -2.20. The number of nitrogens with one attached hydrogen (secondary N) is 1. The maximum absolute atomic E-state index is 12.3. The zero-order valence-electron chi connectivity index (χ0n) is 16.1. The van der Waals surface area contributed by atoms with Gasteiger partial charge in [0.1, 0.15) is 11.2 Å². The molecule has 2 aromatic heterocycles. The van der Waals surface area contributed by atoms with E-state index in [2.05, 4.69) is 15.3 Å². The summed E-state index contributed by atoms with van der Waals surface area (Å²) >= 11 is 1.50. The molecule has 150 valence electrons. The highest BCUT2D eigenvalue weighted by Crippen LogP contribution is 2.37. The lowest BCUT2D eigenvalue weighted by molar-refractivity contribution is -0.118. The Balaban J connectivity index is 1.51. The first-order valence-electron chi connectivity index (χ1n) is 9.13. The number of hydrogen-bond donors (Lipinski definition) is 2. The summed E-state index contributed by atoms with van der Waals surface area (Å²) in [5.41, 5.74) is 9.30. The number of ether oxygens (including phenoxy) is 1. The second kappa shape index (κ2) is 8.30. The fourth-order valence-electron chi connectivity index (χ4n) is 2.95. The molecule has 0 unspecified atom stereocenters. The van der Waals surface area contributed by atoms with E-state index < -0.39 is 5.91 Å². The van der Waals surface area contributed by atoms with E-state index in [1.807, 2.05) is 36.6 Å². The van der Waals surface area contributed by atoms with E-state index in [9.17, 15) is 9.59 Å². The quantitative estimate of drug-likeness (QED) is 0.495. The highest BCUT2D eigenvalue weighted by Gasteiger charge is 2.15. The molecule has 0 saturated heterocycles. The standard InChI is InChI=1S/C22H18N4O3S/c1-13-2-4-14(5-3-13)17-11-30-22-19(17)21(24-12-25-22)29-10-18(27)26-16-8-6-15(7-9-16)20(23)28/h2-9,11-12H,10H2,1H3,(H2,23,28)(H,26,27). The van der Waals surface area contributed by atoms with Gasteiger partial charge < -0.3 is 15.8 Å². The zero-order valence-corrected chi connectivity index (χ0v) is 16.9. The monoisotopic (exact) mass is 418 g/mol. The topological polar surface area (TPSA) is 107 Å². The van der Waals surface area contributed by atoms with Gasteiger partial charge in [-0.3, -0.25) is 9.59 Å². The van der Waals surface area contributed by atoms with Crippen LogP contribution in [-0.2, 0) is 4.79 Å². The van der Waals surface area contributed by atoms with Crippen LogP contribution in [0.1, 0.15) is 15.9 Å². The summed E-state index contributed by atoms with van der Waals surface area (Å²) in [6.45, 7) is 1.82. The van der Waals surface area contributed by atoms with E-state index in [0.717, 1.165) is 21.3 Å². The van der Waals surface area contributed by atoms with Crippen LogP contribution in [0.2, 0.25) is 0 Å². The van der Waals surface area contributed by atoms with Crippen LogP contribution in [0.15, 0.2) is 60.2 Å². The van der Waals surface area contributed by atoms with E-state index in [1.165, 1.54) is 23.2 Å². The Bertz CT molecular complexity index is 1220. The van der Waals surface area contributed by atoms with Crippen molar-refractivity contribution in [3.63, 3.8) is 0 Å². The number of carbonyl (C=O) groups excluding carboxylic acids is 2. The number of nitrogens with zero attached hydrogens (tertiary/aromatic N) is 2. The highest BCUT2D eigenvalue weighted by atomic mass is 32.1.